The average Bonchev–Trinajstić information content (AvgIpc) is 2.15. The summed E-state index contributed by atoms with van der Waals surface area (Å²) < 4.78 is 28.5. The Hall–Kier alpha value is -1.03. The molecule has 0 aliphatic heterocycles. The van der Waals surface area contributed by atoms with Gasteiger partial charge in [0.05, 0.1) is 4.75 Å². The van der Waals surface area contributed by atoms with Crippen LogP contribution >= 0.6 is 0 Å². The van der Waals surface area contributed by atoms with Gasteiger partial charge < -0.3 is 0 Å². The molecular weight excluding hydrogens is 225 g/mol. The Kier molecular flexibility index (Phi) is 3.97. The van der Waals surface area contributed by atoms with E-state index in [1.165, 1.54) is 12.3 Å². The fourth-order valence-electron chi connectivity index (χ4n) is 1.07. The first-order chi connectivity index (χ1) is 7.32. The van der Waals surface area contributed by atoms with Gasteiger partial charge in [-0.2, -0.15) is 4.40 Å². The summed E-state index contributed by atoms with van der Waals surface area (Å²) in [6.07, 6.45) is 1.35. The fraction of sp³-hybridized carbons (Fsp3) is 0.417. The molecule has 0 fully saturated rings. The molecule has 16 heavy (non-hydrogen) atoms. The maximum atomic E-state index is 13.4. The normalized spacial score (nSPS) is 14.3. The summed E-state index contributed by atoms with van der Waals surface area (Å²) in [4.78, 5) is 0. The third-order valence-corrected chi connectivity index (χ3v) is 3.42. The van der Waals surface area contributed by atoms with Crippen LogP contribution in [0.5, 0.6) is 0 Å². The van der Waals surface area contributed by atoms with Crippen LogP contribution in [-0.4, -0.2) is 15.2 Å². The molecular formula is C12H16FNOS. The molecule has 0 radical (unpaired) electrons. The van der Waals surface area contributed by atoms with E-state index < -0.39 is 15.7 Å². The quantitative estimate of drug-likeness (QED) is 0.732. The Labute approximate surface area is 98.2 Å². The lowest BCUT2D eigenvalue weighted by molar-refractivity contribution is 0.624. The van der Waals surface area contributed by atoms with E-state index in [0.29, 0.717) is 5.56 Å². The highest BCUT2D eigenvalue weighted by atomic mass is 32.2. The Bertz CT molecular complexity index is 415. The standard InChI is InChI=1S/C12H16FNOS/c1-9-6-5-7-11(13)10(9)8-14-16(15)12(2,3)4/h5-8H,1-4H3/b14-8+/t16-/m1/s1. The highest BCUT2D eigenvalue weighted by molar-refractivity contribution is 7.85. The molecule has 1 atom stereocenters. The van der Waals surface area contributed by atoms with E-state index >= 15 is 0 Å². The van der Waals surface area contributed by atoms with Crippen LogP contribution in [0.25, 0.3) is 0 Å². The first kappa shape index (κ1) is 13.0. The average molecular weight is 241 g/mol. The van der Waals surface area contributed by atoms with Gasteiger partial charge >= 0.3 is 0 Å². The highest BCUT2D eigenvalue weighted by Crippen LogP contribution is 2.14. The van der Waals surface area contributed by atoms with Crippen LogP contribution in [0.2, 0.25) is 0 Å². The van der Waals surface area contributed by atoms with Gasteiger partial charge in [0.2, 0.25) is 0 Å². The third kappa shape index (κ3) is 3.23. The molecule has 0 amide bonds. The van der Waals surface area contributed by atoms with Crippen molar-refractivity contribution in [3.8, 4) is 0 Å². The zero-order valence-corrected chi connectivity index (χ0v) is 10.8. The van der Waals surface area contributed by atoms with Crippen molar-refractivity contribution < 1.29 is 8.60 Å². The summed E-state index contributed by atoms with van der Waals surface area (Å²) in [5.41, 5.74) is 1.19. The van der Waals surface area contributed by atoms with Gasteiger partial charge in [0.25, 0.3) is 0 Å². The second-order valence-corrected chi connectivity index (χ2v) is 6.50. The molecule has 0 aromatic heterocycles. The van der Waals surface area contributed by atoms with E-state index in [-0.39, 0.29) is 5.82 Å². The van der Waals surface area contributed by atoms with Gasteiger partial charge in [-0.05, 0) is 39.3 Å². The number of hydrogen-bond acceptors (Lipinski definition) is 1. The number of rotatable bonds is 2. The van der Waals surface area contributed by atoms with Gasteiger partial charge in [-0.1, -0.05) is 12.1 Å². The second-order valence-electron chi connectivity index (χ2n) is 4.57. The molecule has 2 nitrogen and oxygen atoms in total. The van der Waals surface area contributed by atoms with Crippen LogP contribution in [0.15, 0.2) is 22.6 Å². The smallest absolute Gasteiger partial charge is 0.144 e. The van der Waals surface area contributed by atoms with Crippen LogP contribution in [0.1, 0.15) is 31.9 Å². The van der Waals surface area contributed by atoms with Gasteiger partial charge in [0.15, 0.2) is 0 Å². The van der Waals surface area contributed by atoms with Crippen LogP contribution in [0, 0.1) is 12.7 Å². The lowest BCUT2D eigenvalue weighted by Crippen LogP contribution is -2.19. The number of benzene rings is 1. The lowest BCUT2D eigenvalue weighted by atomic mass is 10.1. The van der Waals surface area contributed by atoms with Crippen molar-refractivity contribution in [3.63, 3.8) is 0 Å². The predicted octanol–water partition coefficient (Wildman–Crippen LogP) is 3.02. The minimum Gasteiger partial charge on any atom is -0.234 e. The van der Waals surface area contributed by atoms with E-state index in [1.54, 1.807) is 19.1 Å². The number of halogens is 1. The van der Waals surface area contributed by atoms with Crippen LogP contribution in [0.4, 0.5) is 4.39 Å². The molecule has 0 N–H and O–H groups in total. The molecule has 4 heteroatoms. The summed E-state index contributed by atoms with van der Waals surface area (Å²) in [7, 11) is -1.35. The van der Waals surface area contributed by atoms with E-state index in [4.69, 9.17) is 0 Å². The van der Waals surface area contributed by atoms with E-state index in [1.807, 2.05) is 20.8 Å². The number of nitrogens with zero attached hydrogens (tertiary/aromatic N) is 1. The Morgan fingerprint density at radius 3 is 2.50 bits per heavy atom. The summed E-state index contributed by atoms with van der Waals surface area (Å²) in [5, 5.41) is 0. The Balaban J connectivity index is 2.98. The molecule has 0 unspecified atom stereocenters. The zero-order chi connectivity index (χ0) is 12.3. The molecule has 1 aromatic rings. The molecule has 0 aliphatic carbocycles. The van der Waals surface area contributed by atoms with Crippen LogP contribution < -0.4 is 0 Å². The monoisotopic (exact) mass is 241 g/mol. The predicted molar refractivity (Wildman–Crippen MR) is 66.6 cm³/mol. The van der Waals surface area contributed by atoms with Crippen molar-refractivity contribution in [2.45, 2.75) is 32.4 Å². The van der Waals surface area contributed by atoms with E-state index in [9.17, 15) is 8.60 Å². The molecule has 88 valence electrons. The molecule has 0 heterocycles. The molecule has 0 spiro atoms. The summed E-state index contributed by atoms with van der Waals surface area (Å²) in [6.45, 7) is 7.28. The van der Waals surface area contributed by atoms with E-state index in [2.05, 4.69) is 4.40 Å². The van der Waals surface area contributed by atoms with Crippen molar-refractivity contribution in [3.05, 3.63) is 35.1 Å². The number of hydrogen-bond donors (Lipinski definition) is 0. The van der Waals surface area contributed by atoms with Crippen molar-refractivity contribution >= 4 is 17.2 Å². The fourth-order valence-corrected chi connectivity index (χ4v) is 1.58. The molecule has 1 aromatic carbocycles. The lowest BCUT2D eigenvalue weighted by Gasteiger charge is -2.12. The summed E-state index contributed by atoms with van der Waals surface area (Å²) >= 11 is 0. The largest absolute Gasteiger partial charge is 0.234 e. The summed E-state index contributed by atoms with van der Waals surface area (Å²) in [6, 6.07) is 4.81. The van der Waals surface area contributed by atoms with Gasteiger partial charge in [-0.25, -0.2) is 8.60 Å². The molecule has 0 saturated carbocycles. The van der Waals surface area contributed by atoms with E-state index in [0.717, 1.165) is 5.56 Å². The van der Waals surface area contributed by atoms with Gasteiger partial charge in [-0.3, -0.25) is 0 Å². The molecule has 0 aliphatic rings. The molecule has 0 saturated heterocycles. The van der Waals surface area contributed by atoms with Crippen molar-refractivity contribution in [1.82, 2.24) is 0 Å². The first-order valence-electron chi connectivity index (χ1n) is 5.03. The van der Waals surface area contributed by atoms with Crippen LogP contribution in [0.3, 0.4) is 0 Å². The highest BCUT2D eigenvalue weighted by Gasteiger charge is 2.18. The maximum Gasteiger partial charge on any atom is 0.144 e. The summed E-state index contributed by atoms with van der Waals surface area (Å²) in [5.74, 6) is -0.338. The zero-order valence-electron chi connectivity index (χ0n) is 9.95. The van der Waals surface area contributed by atoms with Gasteiger partial charge in [-0.15, -0.1) is 0 Å². The first-order valence-corrected chi connectivity index (χ1v) is 6.14. The minimum absolute atomic E-state index is 0.338. The SMILES string of the molecule is Cc1cccc(F)c1/C=N/[S@](=O)C(C)(C)C. The van der Waals surface area contributed by atoms with Gasteiger partial charge in [0.1, 0.15) is 16.8 Å². The second kappa shape index (κ2) is 4.87. The third-order valence-electron chi connectivity index (χ3n) is 2.07. The van der Waals surface area contributed by atoms with Crippen molar-refractivity contribution in [2.75, 3.05) is 0 Å². The van der Waals surface area contributed by atoms with Crippen LogP contribution in [-0.2, 0) is 11.0 Å². The topological polar surface area (TPSA) is 29.4 Å². The number of aryl methyl sites for hydroxylation is 1. The molecule has 1 rings (SSSR count). The van der Waals surface area contributed by atoms with Crippen molar-refractivity contribution in [1.29, 1.82) is 0 Å². The van der Waals surface area contributed by atoms with Gasteiger partial charge in [0, 0.05) is 11.8 Å². The maximum absolute atomic E-state index is 13.4. The van der Waals surface area contributed by atoms with Crippen molar-refractivity contribution in [2.24, 2.45) is 4.40 Å². The Morgan fingerprint density at radius 1 is 1.38 bits per heavy atom. The minimum atomic E-state index is -1.35. The molecule has 0 bridgehead atoms. The Morgan fingerprint density at radius 2 is 2.00 bits per heavy atom.